The van der Waals surface area contributed by atoms with Crippen LogP contribution in [0.25, 0.3) is 11.1 Å². The fraction of sp³-hybridized carbons (Fsp3) is 0.263. The first-order valence-corrected chi connectivity index (χ1v) is 7.99. The lowest BCUT2D eigenvalue weighted by Crippen LogP contribution is -2.39. The van der Waals surface area contributed by atoms with Crippen LogP contribution in [0.4, 0.5) is 8.78 Å². The van der Waals surface area contributed by atoms with Gasteiger partial charge in [-0.2, -0.15) is 0 Å². The number of carboxylic acids is 1. The van der Waals surface area contributed by atoms with Gasteiger partial charge in [-0.25, -0.2) is 13.6 Å². The second kappa shape index (κ2) is 6.74. The number of nitrogens with zero attached hydrogens (tertiary/aromatic N) is 1. The molecule has 1 fully saturated rings. The standard InChI is InChI=1S/C19H17F2NO4/c1-26-14-5-2-12(3-6-14)13-4-7-15(16(20)10-13)17(23)22-9-8-19(21,11-22)18(24)25/h2-7,10H,8-9,11H2,1H3,(H,24,25). The Labute approximate surface area is 148 Å². The number of likely N-dealkylation sites (tertiary alicyclic amines) is 1. The van der Waals surface area contributed by atoms with Gasteiger partial charge in [0, 0.05) is 13.0 Å². The normalized spacial score (nSPS) is 19.4. The molecule has 1 aliphatic rings. The zero-order chi connectivity index (χ0) is 18.9. The Hall–Kier alpha value is -2.96. The second-order valence-electron chi connectivity index (χ2n) is 6.17. The lowest BCUT2D eigenvalue weighted by molar-refractivity contribution is -0.149. The largest absolute Gasteiger partial charge is 0.497 e. The van der Waals surface area contributed by atoms with Crippen molar-refractivity contribution in [2.24, 2.45) is 0 Å². The monoisotopic (exact) mass is 361 g/mol. The molecular formula is C19H17F2NO4. The van der Waals surface area contributed by atoms with Crippen LogP contribution in [0.5, 0.6) is 5.75 Å². The van der Waals surface area contributed by atoms with E-state index in [4.69, 9.17) is 9.84 Å². The van der Waals surface area contributed by atoms with Crippen molar-refractivity contribution in [3.05, 3.63) is 53.8 Å². The molecular weight excluding hydrogens is 344 g/mol. The van der Waals surface area contributed by atoms with E-state index in [0.29, 0.717) is 11.3 Å². The Morgan fingerprint density at radius 3 is 2.35 bits per heavy atom. The van der Waals surface area contributed by atoms with E-state index in [1.165, 1.54) is 12.1 Å². The molecule has 1 aliphatic heterocycles. The lowest BCUT2D eigenvalue weighted by Gasteiger charge is -2.18. The third kappa shape index (κ3) is 3.24. The van der Waals surface area contributed by atoms with Crippen molar-refractivity contribution >= 4 is 11.9 Å². The third-order valence-electron chi connectivity index (χ3n) is 4.51. The van der Waals surface area contributed by atoms with E-state index >= 15 is 0 Å². The third-order valence-corrected chi connectivity index (χ3v) is 4.51. The predicted molar refractivity (Wildman–Crippen MR) is 90.4 cm³/mol. The molecule has 0 saturated carbocycles. The van der Waals surface area contributed by atoms with Gasteiger partial charge in [0.05, 0.1) is 19.2 Å². The number of rotatable bonds is 4. The number of methoxy groups -OCH3 is 1. The first-order valence-electron chi connectivity index (χ1n) is 7.99. The molecule has 136 valence electrons. The number of hydrogen-bond acceptors (Lipinski definition) is 3. The van der Waals surface area contributed by atoms with Crippen LogP contribution in [0.3, 0.4) is 0 Å². The van der Waals surface area contributed by atoms with Gasteiger partial charge in [-0.15, -0.1) is 0 Å². The number of alkyl halides is 1. The molecule has 5 nitrogen and oxygen atoms in total. The van der Waals surface area contributed by atoms with E-state index in [1.54, 1.807) is 37.4 Å². The Balaban J connectivity index is 1.81. The van der Waals surface area contributed by atoms with E-state index in [9.17, 15) is 18.4 Å². The van der Waals surface area contributed by atoms with Gasteiger partial charge in [0.1, 0.15) is 11.6 Å². The van der Waals surface area contributed by atoms with Crippen molar-refractivity contribution in [1.82, 2.24) is 4.90 Å². The van der Waals surface area contributed by atoms with Gasteiger partial charge in [-0.3, -0.25) is 4.79 Å². The van der Waals surface area contributed by atoms with Gasteiger partial charge < -0.3 is 14.7 Å². The lowest BCUT2D eigenvalue weighted by atomic mass is 10.0. The summed E-state index contributed by atoms with van der Waals surface area (Å²) in [4.78, 5) is 24.4. The minimum atomic E-state index is -2.48. The molecule has 1 unspecified atom stereocenters. The summed E-state index contributed by atoms with van der Waals surface area (Å²) in [6.45, 7) is -0.651. The molecule has 0 radical (unpaired) electrons. The Bertz CT molecular complexity index is 853. The van der Waals surface area contributed by atoms with Crippen LogP contribution in [0.2, 0.25) is 0 Å². The highest BCUT2D eigenvalue weighted by Crippen LogP contribution is 2.29. The molecule has 2 aromatic carbocycles. The maximum atomic E-state index is 14.5. The number of benzene rings is 2. The summed E-state index contributed by atoms with van der Waals surface area (Å²) in [6.07, 6.45) is -0.306. The number of ether oxygens (including phenoxy) is 1. The van der Waals surface area contributed by atoms with Gasteiger partial charge in [-0.05, 0) is 35.4 Å². The molecule has 1 saturated heterocycles. The first-order chi connectivity index (χ1) is 12.3. The Morgan fingerprint density at radius 2 is 1.81 bits per heavy atom. The summed E-state index contributed by atoms with van der Waals surface area (Å²) >= 11 is 0. The maximum absolute atomic E-state index is 14.5. The van der Waals surface area contributed by atoms with Crippen molar-refractivity contribution in [1.29, 1.82) is 0 Å². The predicted octanol–water partition coefficient (Wildman–Crippen LogP) is 3.14. The summed E-state index contributed by atoms with van der Waals surface area (Å²) < 4.78 is 33.6. The van der Waals surface area contributed by atoms with Crippen LogP contribution in [0, 0.1) is 5.82 Å². The zero-order valence-electron chi connectivity index (χ0n) is 14.0. The molecule has 1 amide bonds. The second-order valence-corrected chi connectivity index (χ2v) is 6.17. The van der Waals surface area contributed by atoms with Crippen LogP contribution < -0.4 is 4.74 Å². The molecule has 2 aromatic rings. The summed E-state index contributed by atoms with van der Waals surface area (Å²) in [5.41, 5.74) is -1.36. The number of carbonyl (C=O) groups excluding carboxylic acids is 1. The number of hydrogen-bond donors (Lipinski definition) is 1. The average Bonchev–Trinajstić information content (AvgIpc) is 3.05. The number of carboxylic acid groups (broad SMARTS) is 1. The van der Waals surface area contributed by atoms with E-state index in [-0.39, 0.29) is 18.5 Å². The van der Waals surface area contributed by atoms with Crippen molar-refractivity contribution in [3.8, 4) is 16.9 Å². The molecule has 1 heterocycles. The van der Waals surface area contributed by atoms with Crippen LogP contribution in [-0.2, 0) is 4.79 Å². The van der Waals surface area contributed by atoms with E-state index in [0.717, 1.165) is 10.5 Å². The molecule has 3 rings (SSSR count). The van der Waals surface area contributed by atoms with Crippen LogP contribution in [0.1, 0.15) is 16.8 Å². The van der Waals surface area contributed by atoms with Crippen LogP contribution in [-0.4, -0.2) is 47.8 Å². The molecule has 0 aliphatic carbocycles. The summed E-state index contributed by atoms with van der Waals surface area (Å²) in [7, 11) is 1.55. The molecule has 0 bridgehead atoms. The maximum Gasteiger partial charge on any atom is 0.343 e. The quantitative estimate of drug-likeness (QED) is 0.909. The smallest absolute Gasteiger partial charge is 0.343 e. The van der Waals surface area contributed by atoms with Gasteiger partial charge in [0.15, 0.2) is 0 Å². The van der Waals surface area contributed by atoms with Crippen molar-refractivity contribution in [2.45, 2.75) is 12.1 Å². The van der Waals surface area contributed by atoms with E-state index in [2.05, 4.69) is 0 Å². The Kier molecular flexibility index (Phi) is 4.63. The minimum Gasteiger partial charge on any atom is -0.497 e. The molecule has 1 N–H and O–H groups in total. The number of carbonyl (C=O) groups is 2. The first kappa shape index (κ1) is 17.8. The SMILES string of the molecule is COc1ccc(-c2ccc(C(=O)N3CCC(F)(C(=O)O)C3)c(F)c2)cc1. The number of amides is 1. The van der Waals surface area contributed by atoms with E-state index in [1.807, 2.05) is 0 Å². The average molecular weight is 361 g/mol. The molecule has 0 spiro atoms. The summed E-state index contributed by atoms with van der Waals surface area (Å²) in [5.74, 6) is -2.40. The highest BCUT2D eigenvalue weighted by molar-refractivity contribution is 5.96. The van der Waals surface area contributed by atoms with E-state index < -0.39 is 29.9 Å². The van der Waals surface area contributed by atoms with Crippen molar-refractivity contribution in [3.63, 3.8) is 0 Å². The number of aliphatic carboxylic acids is 1. The van der Waals surface area contributed by atoms with Gasteiger partial charge >= 0.3 is 5.97 Å². The van der Waals surface area contributed by atoms with Crippen LogP contribution in [0.15, 0.2) is 42.5 Å². The molecule has 7 heteroatoms. The van der Waals surface area contributed by atoms with Crippen LogP contribution >= 0.6 is 0 Å². The topological polar surface area (TPSA) is 66.8 Å². The highest BCUT2D eigenvalue weighted by Gasteiger charge is 2.47. The minimum absolute atomic E-state index is 0.0682. The molecule has 26 heavy (non-hydrogen) atoms. The fourth-order valence-corrected chi connectivity index (χ4v) is 2.94. The van der Waals surface area contributed by atoms with Gasteiger partial charge in [0.25, 0.3) is 5.91 Å². The highest BCUT2D eigenvalue weighted by atomic mass is 19.1. The fourth-order valence-electron chi connectivity index (χ4n) is 2.94. The van der Waals surface area contributed by atoms with Crippen molar-refractivity contribution < 1.29 is 28.2 Å². The zero-order valence-corrected chi connectivity index (χ0v) is 14.0. The van der Waals surface area contributed by atoms with Crippen molar-refractivity contribution in [2.75, 3.05) is 20.2 Å². The van der Waals surface area contributed by atoms with Gasteiger partial charge in [0.2, 0.25) is 5.67 Å². The molecule has 0 aromatic heterocycles. The summed E-state index contributed by atoms with van der Waals surface area (Å²) in [5, 5.41) is 8.90. The molecule has 1 atom stereocenters. The number of halogens is 2. The summed E-state index contributed by atoms with van der Waals surface area (Å²) in [6, 6.07) is 11.2. The Morgan fingerprint density at radius 1 is 1.15 bits per heavy atom. The van der Waals surface area contributed by atoms with Gasteiger partial charge in [-0.1, -0.05) is 18.2 Å².